The Morgan fingerprint density at radius 3 is 2.44 bits per heavy atom. The number of hydrogen-bond acceptors (Lipinski definition) is 6. The van der Waals surface area contributed by atoms with Crippen LogP contribution >= 0.6 is 11.6 Å². The van der Waals surface area contributed by atoms with Crippen molar-refractivity contribution in [3.63, 3.8) is 0 Å². The first kappa shape index (κ1) is 25.7. The van der Waals surface area contributed by atoms with Gasteiger partial charge in [-0.1, -0.05) is 35.9 Å². The van der Waals surface area contributed by atoms with Crippen LogP contribution in [0.5, 0.6) is 0 Å². The van der Waals surface area contributed by atoms with E-state index in [4.69, 9.17) is 16.3 Å². The number of carbonyl (C=O) groups excluding carboxylic acids is 1. The molecule has 0 aliphatic heterocycles. The lowest BCUT2D eigenvalue weighted by atomic mass is 9.82. The smallest absolute Gasteiger partial charge is 0.350 e. The second-order valence-electron chi connectivity index (χ2n) is 7.77. The molecule has 3 atom stereocenters. The maximum absolute atomic E-state index is 14.1. The van der Waals surface area contributed by atoms with Crippen LogP contribution in [-0.2, 0) is 20.7 Å². The highest BCUT2D eigenvalue weighted by molar-refractivity contribution is 6.30. The Morgan fingerprint density at radius 2 is 1.88 bits per heavy atom. The Hall–Kier alpha value is -2.52. The average molecular weight is 468 g/mol. The van der Waals surface area contributed by atoms with Gasteiger partial charge in [-0.25, -0.2) is 9.18 Å². The van der Waals surface area contributed by atoms with E-state index in [2.05, 4.69) is 5.32 Å². The van der Waals surface area contributed by atoms with E-state index in [1.165, 1.54) is 25.1 Å². The molecule has 9 heteroatoms. The molecule has 0 bridgehead atoms. The largest absolute Gasteiger partial charge is 0.481 e. The van der Waals surface area contributed by atoms with Crippen LogP contribution in [0.3, 0.4) is 0 Å². The number of ether oxygens (including phenoxy) is 1. The van der Waals surface area contributed by atoms with Gasteiger partial charge in [0.25, 0.3) is 0 Å². The molecule has 32 heavy (non-hydrogen) atoms. The summed E-state index contributed by atoms with van der Waals surface area (Å²) in [5, 5.41) is 32.3. The Morgan fingerprint density at radius 1 is 1.22 bits per heavy atom. The van der Waals surface area contributed by atoms with Crippen LogP contribution < -0.4 is 5.32 Å². The number of rotatable bonds is 11. The fourth-order valence-corrected chi connectivity index (χ4v) is 3.46. The first-order chi connectivity index (χ1) is 15.1. The number of aliphatic carboxylic acids is 1. The second-order valence-corrected chi connectivity index (χ2v) is 8.21. The van der Waals surface area contributed by atoms with Crippen molar-refractivity contribution in [1.29, 1.82) is 0 Å². The minimum Gasteiger partial charge on any atom is -0.481 e. The SMILES string of the molecule is CCOC(=O)C(O)N[C@H](Cc1ccc(-c2cc(Cl)ccc2F)cc1)CC(C)(CO)C(=O)O. The lowest BCUT2D eigenvalue weighted by Gasteiger charge is -2.30. The number of nitrogens with one attached hydrogen (secondary N) is 1. The minimum atomic E-state index is -1.66. The lowest BCUT2D eigenvalue weighted by molar-refractivity contribution is -0.156. The summed E-state index contributed by atoms with van der Waals surface area (Å²) in [5.74, 6) is -2.51. The molecule has 0 heterocycles. The molecule has 0 amide bonds. The summed E-state index contributed by atoms with van der Waals surface area (Å²) >= 11 is 5.96. The van der Waals surface area contributed by atoms with Gasteiger partial charge in [0.15, 0.2) is 0 Å². The van der Waals surface area contributed by atoms with Crippen molar-refractivity contribution in [1.82, 2.24) is 5.32 Å². The van der Waals surface area contributed by atoms with E-state index in [-0.39, 0.29) is 19.4 Å². The molecule has 0 aliphatic rings. The summed E-state index contributed by atoms with van der Waals surface area (Å²) in [6.07, 6.45) is -1.49. The monoisotopic (exact) mass is 467 g/mol. The van der Waals surface area contributed by atoms with Crippen molar-refractivity contribution in [2.24, 2.45) is 5.41 Å². The van der Waals surface area contributed by atoms with Gasteiger partial charge >= 0.3 is 11.9 Å². The van der Waals surface area contributed by atoms with Crippen molar-refractivity contribution in [3.05, 3.63) is 58.9 Å². The van der Waals surface area contributed by atoms with Crippen molar-refractivity contribution in [3.8, 4) is 11.1 Å². The van der Waals surface area contributed by atoms with Gasteiger partial charge in [0.2, 0.25) is 6.23 Å². The van der Waals surface area contributed by atoms with Crippen LogP contribution in [0.25, 0.3) is 11.1 Å². The van der Waals surface area contributed by atoms with E-state index < -0.39 is 42.0 Å². The van der Waals surface area contributed by atoms with Crippen LogP contribution in [0.2, 0.25) is 5.02 Å². The molecule has 0 radical (unpaired) electrons. The number of carboxylic acids is 1. The van der Waals surface area contributed by atoms with Crippen LogP contribution in [0.1, 0.15) is 25.8 Å². The first-order valence-electron chi connectivity index (χ1n) is 10.1. The zero-order valence-corrected chi connectivity index (χ0v) is 18.6. The molecule has 0 saturated heterocycles. The molecular formula is C23H27ClFNO6. The third-order valence-electron chi connectivity index (χ3n) is 5.14. The predicted octanol–water partition coefficient (Wildman–Crippen LogP) is 3.00. The van der Waals surface area contributed by atoms with Crippen LogP contribution in [0.15, 0.2) is 42.5 Å². The molecule has 0 aromatic heterocycles. The average Bonchev–Trinajstić information content (AvgIpc) is 2.75. The van der Waals surface area contributed by atoms with Crippen molar-refractivity contribution >= 4 is 23.5 Å². The van der Waals surface area contributed by atoms with Gasteiger partial charge in [-0.2, -0.15) is 0 Å². The molecule has 2 unspecified atom stereocenters. The van der Waals surface area contributed by atoms with E-state index in [1.807, 2.05) is 0 Å². The molecule has 174 valence electrons. The molecule has 2 rings (SSSR count). The number of halogens is 2. The van der Waals surface area contributed by atoms with E-state index >= 15 is 0 Å². The van der Waals surface area contributed by atoms with Gasteiger partial charge in [-0.05, 0) is 56.0 Å². The summed E-state index contributed by atoms with van der Waals surface area (Å²) in [4.78, 5) is 23.4. The van der Waals surface area contributed by atoms with Gasteiger partial charge in [0.05, 0.1) is 18.6 Å². The zero-order chi connectivity index (χ0) is 23.9. The van der Waals surface area contributed by atoms with Crippen molar-refractivity contribution < 1.29 is 34.0 Å². The third kappa shape index (κ3) is 6.74. The van der Waals surface area contributed by atoms with Gasteiger partial charge in [0, 0.05) is 16.6 Å². The van der Waals surface area contributed by atoms with Crippen LogP contribution in [-0.4, -0.2) is 52.7 Å². The number of carbonyl (C=O) groups is 2. The lowest BCUT2D eigenvalue weighted by Crippen LogP contribution is -2.48. The van der Waals surface area contributed by atoms with Crippen LogP contribution in [0.4, 0.5) is 4.39 Å². The molecule has 0 aliphatic carbocycles. The van der Waals surface area contributed by atoms with E-state index in [9.17, 15) is 29.3 Å². The maximum atomic E-state index is 14.1. The fraction of sp³-hybridized carbons (Fsp3) is 0.391. The molecule has 0 saturated carbocycles. The molecule has 2 aromatic rings. The number of aliphatic hydroxyl groups is 2. The molecule has 7 nitrogen and oxygen atoms in total. The summed E-state index contributed by atoms with van der Waals surface area (Å²) < 4.78 is 18.9. The highest BCUT2D eigenvalue weighted by Gasteiger charge is 2.36. The van der Waals surface area contributed by atoms with Gasteiger partial charge in [-0.15, -0.1) is 0 Å². The summed E-state index contributed by atoms with van der Waals surface area (Å²) in [6.45, 7) is 2.43. The standard InChI is InChI=1S/C23H27ClFNO6/c1-3-32-21(29)20(28)26-17(12-23(2,13-27)22(30)31)10-14-4-6-15(7-5-14)18-11-16(24)8-9-19(18)25/h4-9,11,17,20,26-28H,3,10,12-13H2,1-2H3,(H,30,31)/t17-,20?,23?/m1/s1. The van der Waals surface area contributed by atoms with Crippen molar-refractivity contribution in [2.75, 3.05) is 13.2 Å². The van der Waals surface area contributed by atoms with E-state index in [0.29, 0.717) is 16.1 Å². The summed E-state index contributed by atoms with van der Waals surface area (Å²) in [6, 6.07) is 10.4. The van der Waals surface area contributed by atoms with Crippen LogP contribution in [0, 0.1) is 11.2 Å². The van der Waals surface area contributed by atoms with Crippen molar-refractivity contribution in [2.45, 2.75) is 39.0 Å². The van der Waals surface area contributed by atoms with Gasteiger partial charge in [0.1, 0.15) is 5.82 Å². The summed E-state index contributed by atoms with van der Waals surface area (Å²) in [7, 11) is 0. The van der Waals surface area contributed by atoms with E-state index in [0.717, 1.165) is 5.56 Å². The number of hydrogen-bond donors (Lipinski definition) is 4. The topological polar surface area (TPSA) is 116 Å². The molecule has 2 aromatic carbocycles. The third-order valence-corrected chi connectivity index (χ3v) is 5.38. The Kier molecular flexibility index (Phi) is 9.15. The highest BCUT2D eigenvalue weighted by Crippen LogP contribution is 2.28. The number of aliphatic hydroxyl groups excluding tert-OH is 2. The van der Waals surface area contributed by atoms with Gasteiger partial charge in [-0.3, -0.25) is 10.1 Å². The second kappa shape index (κ2) is 11.4. The predicted molar refractivity (Wildman–Crippen MR) is 118 cm³/mol. The Bertz CT molecular complexity index is 939. The normalized spacial score (nSPS) is 14.9. The maximum Gasteiger partial charge on any atom is 0.350 e. The minimum absolute atomic E-state index is 0.0695. The molecular weight excluding hydrogens is 441 g/mol. The first-order valence-corrected chi connectivity index (χ1v) is 10.5. The summed E-state index contributed by atoms with van der Waals surface area (Å²) in [5.41, 5.74) is 0.205. The number of esters is 1. The highest BCUT2D eigenvalue weighted by atomic mass is 35.5. The quantitative estimate of drug-likeness (QED) is 0.296. The van der Waals surface area contributed by atoms with Gasteiger partial charge < -0.3 is 20.1 Å². The van der Waals surface area contributed by atoms with E-state index in [1.54, 1.807) is 31.2 Å². The zero-order valence-electron chi connectivity index (χ0n) is 17.8. The Labute approximate surface area is 190 Å². The number of benzene rings is 2. The number of carboxylic acid groups (broad SMARTS) is 1. The fourth-order valence-electron chi connectivity index (χ4n) is 3.29. The molecule has 0 fully saturated rings. The molecule has 4 N–H and O–H groups in total. The Balaban J connectivity index is 2.24. The molecule has 0 spiro atoms.